The lowest BCUT2D eigenvalue weighted by atomic mass is 9.92. The number of likely N-dealkylation sites (N-methyl/N-ethyl adjacent to an activating group) is 1. The summed E-state index contributed by atoms with van der Waals surface area (Å²) in [5.41, 5.74) is 1.16. The van der Waals surface area contributed by atoms with Gasteiger partial charge in [-0.25, -0.2) is 0 Å². The number of methoxy groups -OCH3 is 1. The average Bonchev–Trinajstić information content (AvgIpc) is 2.60. The highest BCUT2D eigenvalue weighted by Crippen LogP contribution is 2.22. The van der Waals surface area contributed by atoms with Crippen LogP contribution in [0.1, 0.15) is 25.8 Å². The Morgan fingerprint density at radius 2 is 1.77 bits per heavy atom. The molecule has 1 N–H and O–H groups in total. The maximum absolute atomic E-state index is 12.7. The SMILES string of the molecule is COc1ccc2cc(CN(C)C(=O)C[NH+]3C[C@@H](C)C[C@H](C)C3)ccc2c1. The number of carbonyl (C=O) groups excluding carboxylic acids is 1. The number of piperidine rings is 1. The Morgan fingerprint density at radius 1 is 1.12 bits per heavy atom. The number of likely N-dealkylation sites (tertiary alicyclic amines) is 1. The van der Waals surface area contributed by atoms with Gasteiger partial charge in [-0.05, 0) is 41.0 Å². The minimum absolute atomic E-state index is 0.233. The number of carbonyl (C=O) groups is 1. The van der Waals surface area contributed by atoms with E-state index < -0.39 is 0 Å². The summed E-state index contributed by atoms with van der Waals surface area (Å²) in [5, 5.41) is 2.33. The first-order valence-electron chi connectivity index (χ1n) is 9.59. The van der Waals surface area contributed by atoms with E-state index in [0.29, 0.717) is 24.9 Å². The first kappa shape index (κ1) is 18.7. The number of hydrogen-bond acceptors (Lipinski definition) is 2. The van der Waals surface area contributed by atoms with E-state index in [4.69, 9.17) is 4.74 Å². The van der Waals surface area contributed by atoms with Crippen molar-refractivity contribution in [1.82, 2.24) is 4.90 Å². The summed E-state index contributed by atoms with van der Waals surface area (Å²) in [6.07, 6.45) is 1.29. The molecule has 1 aliphatic heterocycles. The standard InChI is InChI=1S/C22H30N2O2/c1-16-9-17(2)13-24(12-16)15-22(25)23(3)14-18-5-6-20-11-21(26-4)8-7-19(20)10-18/h5-8,10-11,16-17H,9,12-15H2,1-4H3/p+1/t16-,17-/m0/s1. The van der Waals surface area contributed by atoms with Crippen molar-refractivity contribution in [3.05, 3.63) is 42.0 Å². The van der Waals surface area contributed by atoms with Crippen LogP contribution in [0.25, 0.3) is 10.8 Å². The second-order valence-corrected chi connectivity index (χ2v) is 8.08. The predicted octanol–water partition coefficient (Wildman–Crippen LogP) is 2.37. The lowest BCUT2D eigenvalue weighted by Gasteiger charge is -2.32. The fourth-order valence-electron chi connectivity index (χ4n) is 4.28. The third kappa shape index (κ3) is 4.55. The normalized spacial score (nSPS) is 23.0. The molecule has 4 heteroatoms. The number of quaternary nitrogens is 1. The highest BCUT2D eigenvalue weighted by Gasteiger charge is 2.27. The molecule has 1 amide bonds. The smallest absolute Gasteiger partial charge is 0.277 e. The minimum atomic E-state index is 0.233. The van der Waals surface area contributed by atoms with E-state index in [0.717, 1.165) is 29.8 Å². The predicted molar refractivity (Wildman–Crippen MR) is 105 cm³/mol. The Labute approximate surface area is 156 Å². The molecule has 0 saturated carbocycles. The molecule has 4 nitrogen and oxygen atoms in total. The van der Waals surface area contributed by atoms with Crippen LogP contribution < -0.4 is 9.64 Å². The van der Waals surface area contributed by atoms with Gasteiger partial charge in [-0.1, -0.05) is 32.0 Å². The van der Waals surface area contributed by atoms with Gasteiger partial charge < -0.3 is 14.5 Å². The third-order valence-corrected chi connectivity index (χ3v) is 5.44. The van der Waals surface area contributed by atoms with Crippen LogP contribution in [0.4, 0.5) is 0 Å². The van der Waals surface area contributed by atoms with Gasteiger partial charge in [0.2, 0.25) is 0 Å². The van der Waals surface area contributed by atoms with Gasteiger partial charge in [0, 0.05) is 25.4 Å². The van der Waals surface area contributed by atoms with Crippen molar-refractivity contribution >= 4 is 16.7 Å². The second-order valence-electron chi connectivity index (χ2n) is 8.08. The topological polar surface area (TPSA) is 34.0 Å². The summed E-state index contributed by atoms with van der Waals surface area (Å²) in [6.45, 7) is 8.08. The molecule has 26 heavy (non-hydrogen) atoms. The molecule has 140 valence electrons. The number of nitrogens with one attached hydrogen (secondary N) is 1. The Kier molecular flexibility index (Phi) is 5.82. The van der Waals surface area contributed by atoms with Crippen LogP contribution in [-0.4, -0.2) is 44.6 Å². The Bertz CT molecular complexity index is 764. The maximum atomic E-state index is 12.7. The summed E-state index contributed by atoms with van der Waals surface area (Å²) in [7, 11) is 3.60. The summed E-state index contributed by atoms with van der Waals surface area (Å²) in [5.74, 6) is 2.52. The van der Waals surface area contributed by atoms with Crippen molar-refractivity contribution < 1.29 is 14.4 Å². The number of hydrogen-bond donors (Lipinski definition) is 1. The van der Waals surface area contributed by atoms with Crippen molar-refractivity contribution in [3.63, 3.8) is 0 Å². The zero-order valence-electron chi connectivity index (χ0n) is 16.4. The van der Waals surface area contributed by atoms with E-state index in [2.05, 4.69) is 38.1 Å². The average molecular weight is 356 g/mol. The number of amides is 1. The summed E-state index contributed by atoms with van der Waals surface area (Å²) in [6, 6.07) is 12.4. The highest BCUT2D eigenvalue weighted by atomic mass is 16.5. The quantitative estimate of drug-likeness (QED) is 0.893. The minimum Gasteiger partial charge on any atom is -0.497 e. The zero-order chi connectivity index (χ0) is 18.7. The number of ether oxygens (including phenoxy) is 1. The fourth-order valence-corrected chi connectivity index (χ4v) is 4.28. The molecule has 0 aromatic heterocycles. The Balaban J connectivity index is 1.62. The van der Waals surface area contributed by atoms with E-state index in [-0.39, 0.29) is 5.91 Å². The number of nitrogens with zero attached hydrogens (tertiary/aromatic N) is 1. The van der Waals surface area contributed by atoms with Gasteiger partial charge in [-0.2, -0.15) is 0 Å². The van der Waals surface area contributed by atoms with Crippen molar-refractivity contribution in [2.45, 2.75) is 26.8 Å². The largest absolute Gasteiger partial charge is 0.497 e. The van der Waals surface area contributed by atoms with E-state index in [1.54, 1.807) is 7.11 Å². The fraction of sp³-hybridized carbons (Fsp3) is 0.500. The molecule has 0 spiro atoms. The first-order valence-corrected chi connectivity index (χ1v) is 9.59. The van der Waals surface area contributed by atoms with Crippen molar-refractivity contribution in [1.29, 1.82) is 0 Å². The van der Waals surface area contributed by atoms with Gasteiger partial charge in [0.1, 0.15) is 5.75 Å². The molecule has 1 fully saturated rings. The van der Waals surface area contributed by atoms with Gasteiger partial charge in [-0.3, -0.25) is 4.79 Å². The van der Waals surface area contributed by atoms with Gasteiger partial charge in [0.05, 0.1) is 20.2 Å². The molecule has 0 aliphatic carbocycles. The molecule has 2 aromatic rings. The van der Waals surface area contributed by atoms with Crippen LogP contribution in [0.15, 0.2) is 36.4 Å². The van der Waals surface area contributed by atoms with E-state index >= 15 is 0 Å². The highest BCUT2D eigenvalue weighted by molar-refractivity contribution is 5.84. The molecule has 2 atom stereocenters. The molecular weight excluding hydrogens is 324 g/mol. The molecule has 1 aliphatic rings. The van der Waals surface area contributed by atoms with Crippen LogP contribution in [0, 0.1) is 11.8 Å². The van der Waals surface area contributed by atoms with Crippen molar-refractivity contribution in [3.8, 4) is 5.75 Å². The monoisotopic (exact) mass is 355 g/mol. The molecule has 1 heterocycles. The number of fused-ring (bicyclic) bond motifs is 1. The molecular formula is C22H31N2O2+. The molecule has 2 aromatic carbocycles. The van der Waals surface area contributed by atoms with Crippen LogP contribution in [0.3, 0.4) is 0 Å². The Morgan fingerprint density at radius 3 is 2.46 bits per heavy atom. The molecule has 0 unspecified atom stereocenters. The lowest BCUT2D eigenvalue weighted by molar-refractivity contribution is -0.904. The van der Waals surface area contributed by atoms with Gasteiger partial charge in [0.25, 0.3) is 5.91 Å². The number of rotatable bonds is 5. The van der Waals surface area contributed by atoms with Crippen LogP contribution >= 0.6 is 0 Å². The van der Waals surface area contributed by atoms with E-state index in [1.165, 1.54) is 16.7 Å². The molecule has 3 rings (SSSR count). The summed E-state index contributed by atoms with van der Waals surface area (Å²) < 4.78 is 5.28. The van der Waals surface area contributed by atoms with Crippen LogP contribution in [0.5, 0.6) is 5.75 Å². The maximum Gasteiger partial charge on any atom is 0.277 e. The third-order valence-electron chi connectivity index (χ3n) is 5.44. The van der Waals surface area contributed by atoms with E-state index in [1.807, 2.05) is 24.1 Å². The zero-order valence-corrected chi connectivity index (χ0v) is 16.4. The molecule has 0 radical (unpaired) electrons. The Hall–Kier alpha value is -2.07. The molecule has 1 saturated heterocycles. The summed E-state index contributed by atoms with van der Waals surface area (Å²) in [4.78, 5) is 16.0. The second kappa shape index (κ2) is 8.09. The first-order chi connectivity index (χ1) is 12.4. The summed E-state index contributed by atoms with van der Waals surface area (Å²) >= 11 is 0. The van der Waals surface area contributed by atoms with Gasteiger partial charge in [0.15, 0.2) is 6.54 Å². The van der Waals surface area contributed by atoms with Gasteiger partial charge >= 0.3 is 0 Å². The van der Waals surface area contributed by atoms with E-state index in [9.17, 15) is 4.79 Å². The van der Waals surface area contributed by atoms with Crippen molar-refractivity contribution in [2.24, 2.45) is 11.8 Å². The molecule has 0 bridgehead atoms. The van der Waals surface area contributed by atoms with Crippen LogP contribution in [0.2, 0.25) is 0 Å². The lowest BCUT2D eigenvalue weighted by Crippen LogP contribution is -3.15. The van der Waals surface area contributed by atoms with Crippen molar-refractivity contribution in [2.75, 3.05) is 33.8 Å². The van der Waals surface area contributed by atoms with Crippen LogP contribution in [-0.2, 0) is 11.3 Å². The van der Waals surface area contributed by atoms with Gasteiger partial charge in [-0.15, -0.1) is 0 Å². The number of benzene rings is 2.